The SMILES string of the molecule is CCCNc1ncc(F)c(-c2cc(F)c(F)c(F)c2)n1. The first-order chi connectivity index (χ1) is 9.52. The van der Waals surface area contributed by atoms with Gasteiger partial charge in [-0.25, -0.2) is 27.5 Å². The number of halogens is 4. The van der Waals surface area contributed by atoms with Crippen LogP contribution in [0.2, 0.25) is 0 Å². The van der Waals surface area contributed by atoms with Crippen molar-refractivity contribution < 1.29 is 17.6 Å². The number of nitrogens with zero attached hydrogens (tertiary/aromatic N) is 2. The Hall–Kier alpha value is -2.18. The smallest absolute Gasteiger partial charge is 0.223 e. The molecule has 3 nitrogen and oxygen atoms in total. The van der Waals surface area contributed by atoms with E-state index in [0.29, 0.717) is 18.7 Å². The van der Waals surface area contributed by atoms with Crippen LogP contribution in [0.25, 0.3) is 11.3 Å². The number of rotatable bonds is 4. The summed E-state index contributed by atoms with van der Waals surface area (Å²) in [5.41, 5.74) is -0.489. The maximum absolute atomic E-state index is 13.7. The summed E-state index contributed by atoms with van der Waals surface area (Å²) in [6.45, 7) is 2.49. The number of aromatic nitrogens is 2. The molecule has 1 aromatic heterocycles. The molecule has 0 fully saturated rings. The number of anilines is 1. The van der Waals surface area contributed by atoms with Gasteiger partial charge in [-0.05, 0) is 18.6 Å². The van der Waals surface area contributed by atoms with E-state index in [9.17, 15) is 17.6 Å². The Kier molecular flexibility index (Phi) is 4.16. The van der Waals surface area contributed by atoms with Crippen LogP contribution in [0.15, 0.2) is 18.3 Å². The Morgan fingerprint density at radius 1 is 1.05 bits per heavy atom. The third-order valence-corrected chi connectivity index (χ3v) is 2.53. The number of nitrogens with one attached hydrogen (secondary N) is 1. The summed E-state index contributed by atoms with van der Waals surface area (Å²) < 4.78 is 52.9. The Labute approximate surface area is 112 Å². The second-order valence-corrected chi connectivity index (χ2v) is 4.07. The van der Waals surface area contributed by atoms with E-state index in [2.05, 4.69) is 15.3 Å². The molecule has 0 unspecified atom stereocenters. The first kappa shape index (κ1) is 14.2. The molecule has 0 aliphatic rings. The predicted molar refractivity (Wildman–Crippen MR) is 66.1 cm³/mol. The Morgan fingerprint density at radius 3 is 2.30 bits per heavy atom. The summed E-state index contributed by atoms with van der Waals surface area (Å²) in [5.74, 6) is -5.12. The number of hydrogen-bond acceptors (Lipinski definition) is 3. The van der Waals surface area contributed by atoms with Crippen molar-refractivity contribution in [2.24, 2.45) is 0 Å². The van der Waals surface area contributed by atoms with Gasteiger partial charge in [-0.3, -0.25) is 0 Å². The van der Waals surface area contributed by atoms with Crippen molar-refractivity contribution in [3.8, 4) is 11.3 Å². The standard InChI is InChI=1S/C13H11F4N3/c1-2-3-18-13-19-6-10(16)12(20-13)7-4-8(14)11(17)9(15)5-7/h4-6H,2-3H2,1H3,(H,18,19,20). The van der Waals surface area contributed by atoms with E-state index >= 15 is 0 Å². The first-order valence-electron chi connectivity index (χ1n) is 5.94. The lowest BCUT2D eigenvalue weighted by Gasteiger charge is -2.07. The highest BCUT2D eigenvalue weighted by Gasteiger charge is 2.16. The molecule has 0 aliphatic heterocycles. The molecule has 0 spiro atoms. The quantitative estimate of drug-likeness (QED) is 0.690. The van der Waals surface area contributed by atoms with Crippen molar-refractivity contribution in [3.63, 3.8) is 0 Å². The molecule has 20 heavy (non-hydrogen) atoms. The van der Waals surface area contributed by atoms with E-state index in [4.69, 9.17) is 0 Å². The topological polar surface area (TPSA) is 37.8 Å². The van der Waals surface area contributed by atoms with Crippen LogP contribution in [-0.4, -0.2) is 16.5 Å². The van der Waals surface area contributed by atoms with Crippen LogP contribution in [0.5, 0.6) is 0 Å². The molecule has 0 saturated heterocycles. The van der Waals surface area contributed by atoms with Crippen molar-refractivity contribution in [1.82, 2.24) is 9.97 Å². The molecule has 0 bridgehead atoms. The minimum Gasteiger partial charge on any atom is -0.354 e. The summed E-state index contributed by atoms with van der Waals surface area (Å²) in [5, 5.41) is 2.82. The van der Waals surface area contributed by atoms with E-state index in [1.807, 2.05) is 6.92 Å². The van der Waals surface area contributed by atoms with Crippen LogP contribution in [-0.2, 0) is 0 Å². The molecular weight excluding hydrogens is 274 g/mol. The maximum Gasteiger partial charge on any atom is 0.223 e. The van der Waals surface area contributed by atoms with Crippen LogP contribution in [0, 0.1) is 23.3 Å². The molecule has 1 aromatic carbocycles. The number of benzene rings is 1. The molecule has 7 heteroatoms. The van der Waals surface area contributed by atoms with E-state index in [0.717, 1.165) is 12.6 Å². The van der Waals surface area contributed by atoms with Crippen molar-refractivity contribution in [1.29, 1.82) is 0 Å². The fourth-order valence-electron chi connectivity index (χ4n) is 1.58. The summed E-state index contributed by atoms with van der Waals surface area (Å²) >= 11 is 0. The van der Waals surface area contributed by atoms with Gasteiger partial charge in [-0.15, -0.1) is 0 Å². The average Bonchev–Trinajstić information content (AvgIpc) is 2.43. The van der Waals surface area contributed by atoms with Gasteiger partial charge in [0.1, 0.15) is 5.69 Å². The molecule has 0 atom stereocenters. The fourth-order valence-corrected chi connectivity index (χ4v) is 1.58. The van der Waals surface area contributed by atoms with E-state index in [1.165, 1.54) is 0 Å². The van der Waals surface area contributed by atoms with E-state index < -0.39 is 23.3 Å². The Balaban J connectivity index is 2.46. The minimum absolute atomic E-state index is 0.133. The highest BCUT2D eigenvalue weighted by atomic mass is 19.2. The van der Waals surface area contributed by atoms with Gasteiger partial charge in [-0.1, -0.05) is 6.92 Å². The van der Waals surface area contributed by atoms with Crippen molar-refractivity contribution in [2.45, 2.75) is 13.3 Å². The van der Waals surface area contributed by atoms with E-state index in [-0.39, 0.29) is 17.2 Å². The third kappa shape index (κ3) is 2.87. The minimum atomic E-state index is -1.60. The second-order valence-electron chi connectivity index (χ2n) is 4.07. The lowest BCUT2D eigenvalue weighted by molar-refractivity contribution is 0.447. The zero-order valence-electron chi connectivity index (χ0n) is 10.6. The van der Waals surface area contributed by atoms with Gasteiger partial charge in [0.2, 0.25) is 5.95 Å². The zero-order valence-corrected chi connectivity index (χ0v) is 10.6. The zero-order chi connectivity index (χ0) is 14.7. The summed E-state index contributed by atoms with van der Waals surface area (Å²) in [6.07, 6.45) is 1.69. The molecule has 1 heterocycles. The molecule has 0 radical (unpaired) electrons. The molecule has 0 amide bonds. The average molecular weight is 285 g/mol. The monoisotopic (exact) mass is 285 g/mol. The largest absolute Gasteiger partial charge is 0.354 e. The maximum atomic E-state index is 13.7. The van der Waals surface area contributed by atoms with Crippen LogP contribution in [0.4, 0.5) is 23.5 Å². The Morgan fingerprint density at radius 2 is 1.70 bits per heavy atom. The van der Waals surface area contributed by atoms with Crippen molar-refractivity contribution in [2.75, 3.05) is 11.9 Å². The van der Waals surface area contributed by atoms with Gasteiger partial charge in [0.25, 0.3) is 0 Å². The highest BCUT2D eigenvalue weighted by molar-refractivity contribution is 5.61. The molecule has 1 N–H and O–H groups in total. The Bertz CT molecular complexity index is 608. The second kappa shape index (κ2) is 5.85. The normalized spacial score (nSPS) is 10.7. The molecule has 106 valence electrons. The summed E-state index contributed by atoms with van der Waals surface area (Å²) in [6, 6.07) is 1.38. The number of hydrogen-bond donors (Lipinski definition) is 1. The third-order valence-electron chi connectivity index (χ3n) is 2.53. The molecule has 2 rings (SSSR count). The van der Waals surface area contributed by atoms with Crippen molar-refractivity contribution >= 4 is 5.95 Å². The summed E-state index contributed by atoms with van der Waals surface area (Å²) in [4.78, 5) is 7.54. The van der Waals surface area contributed by atoms with Gasteiger partial charge in [0.05, 0.1) is 6.20 Å². The van der Waals surface area contributed by atoms with Crippen LogP contribution >= 0.6 is 0 Å². The van der Waals surface area contributed by atoms with Crippen LogP contribution in [0.1, 0.15) is 13.3 Å². The van der Waals surface area contributed by atoms with Crippen LogP contribution in [0.3, 0.4) is 0 Å². The van der Waals surface area contributed by atoms with E-state index in [1.54, 1.807) is 0 Å². The summed E-state index contributed by atoms with van der Waals surface area (Å²) in [7, 11) is 0. The van der Waals surface area contributed by atoms with Gasteiger partial charge in [-0.2, -0.15) is 0 Å². The molecule has 2 aromatic rings. The van der Waals surface area contributed by atoms with Gasteiger partial charge in [0.15, 0.2) is 23.3 Å². The first-order valence-corrected chi connectivity index (χ1v) is 5.94. The van der Waals surface area contributed by atoms with Gasteiger partial charge in [0, 0.05) is 12.1 Å². The van der Waals surface area contributed by atoms with Gasteiger partial charge < -0.3 is 5.32 Å². The lowest BCUT2D eigenvalue weighted by Crippen LogP contribution is -2.06. The fraction of sp³-hybridized carbons (Fsp3) is 0.231. The predicted octanol–water partition coefficient (Wildman–Crippen LogP) is 3.52. The lowest BCUT2D eigenvalue weighted by atomic mass is 10.1. The molecule has 0 aliphatic carbocycles. The molecule has 0 saturated carbocycles. The van der Waals surface area contributed by atoms with Gasteiger partial charge >= 0.3 is 0 Å². The molecular formula is C13H11F4N3. The van der Waals surface area contributed by atoms with Crippen LogP contribution < -0.4 is 5.32 Å². The van der Waals surface area contributed by atoms with Crippen molar-refractivity contribution in [3.05, 3.63) is 41.6 Å². The highest BCUT2D eigenvalue weighted by Crippen LogP contribution is 2.25.